The van der Waals surface area contributed by atoms with Crippen molar-refractivity contribution in [2.75, 3.05) is 19.0 Å². The van der Waals surface area contributed by atoms with Gasteiger partial charge in [0.2, 0.25) is 0 Å². The Kier molecular flexibility index (Phi) is 6.25. The van der Waals surface area contributed by atoms with Gasteiger partial charge in [-0.1, -0.05) is 18.7 Å². The predicted molar refractivity (Wildman–Crippen MR) is 93.8 cm³/mol. The predicted octanol–water partition coefficient (Wildman–Crippen LogP) is 3.67. The van der Waals surface area contributed by atoms with Crippen LogP contribution in [-0.4, -0.2) is 25.7 Å². The van der Waals surface area contributed by atoms with Crippen molar-refractivity contribution >= 4 is 11.6 Å². The maximum atomic E-state index is 12.2. The van der Waals surface area contributed by atoms with Crippen LogP contribution in [-0.2, 0) is 4.79 Å². The van der Waals surface area contributed by atoms with Gasteiger partial charge in [-0.05, 0) is 43.3 Å². The SMILES string of the molecule is C=CCOc1cccc(NC(=O)[C@@H](C)Oc2ccc(OC)cc2)c1. The van der Waals surface area contributed by atoms with Gasteiger partial charge in [0.25, 0.3) is 5.91 Å². The Bertz CT molecular complexity index is 682. The lowest BCUT2D eigenvalue weighted by Gasteiger charge is -2.15. The number of amides is 1. The second-order valence-electron chi connectivity index (χ2n) is 5.05. The highest BCUT2D eigenvalue weighted by Crippen LogP contribution is 2.20. The lowest BCUT2D eigenvalue weighted by molar-refractivity contribution is -0.122. The van der Waals surface area contributed by atoms with Crippen molar-refractivity contribution in [2.24, 2.45) is 0 Å². The zero-order chi connectivity index (χ0) is 17.4. The minimum atomic E-state index is -0.642. The molecule has 1 amide bonds. The highest BCUT2D eigenvalue weighted by molar-refractivity contribution is 5.94. The van der Waals surface area contributed by atoms with Crippen LogP contribution in [0.25, 0.3) is 0 Å². The van der Waals surface area contributed by atoms with Crippen molar-refractivity contribution < 1.29 is 19.0 Å². The Balaban J connectivity index is 1.94. The van der Waals surface area contributed by atoms with E-state index < -0.39 is 6.10 Å². The molecule has 0 saturated heterocycles. The molecule has 0 aromatic heterocycles. The standard InChI is InChI=1S/C19H21NO4/c1-4-12-23-18-7-5-6-15(13-18)20-19(21)14(2)24-17-10-8-16(22-3)9-11-17/h4-11,13-14H,1,12H2,2-3H3,(H,20,21)/t14-/m1/s1. The summed E-state index contributed by atoms with van der Waals surface area (Å²) in [6, 6.07) is 14.2. The summed E-state index contributed by atoms with van der Waals surface area (Å²) >= 11 is 0. The quantitative estimate of drug-likeness (QED) is 0.752. The normalized spacial score (nSPS) is 11.2. The lowest BCUT2D eigenvalue weighted by atomic mass is 10.2. The van der Waals surface area contributed by atoms with Crippen LogP contribution < -0.4 is 19.5 Å². The van der Waals surface area contributed by atoms with Crippen molar-refractivity contribution in [2.45, 2.75) is 13.0 Å². The third-order valence-electron chi connectivity index (χ3n) is 3.21. The number of carbonyl (C=O) groups is 1. The van der Waals surface area contributed by atoms with E-state index in [0.717, 1.165) is 5.75 Å². The van der Waals surface area contributed by atoms with Crippen molar-refractivity contribution in [3.05, 3.63) is 61.2 Å². The van der Waals surface area contributed by atoms with Gasteiger partial charge in [0.05, 0.1) is 7.11 Å². The second-order valence-corrected chi connectivity index (χ2v) is 5.05. The van der Waals surface area contributed by atoms with Crippen molar-refractivity contribution in [1.29, 1.82) is 0 Å². The molecular formula is C19H21NO4. The number of carbonyl (C=O) groups excluding carboxylic acids is 1. The minimum Gasteiger partial charge on any atom is -0.497 e. The Hall–Kier alpha value is -2.95. The molecular weight excluding hydrogens is 306 g/mol. The molecule has 0 aliphatic rings. The fraction of sp³-hybridized carbons (Fsp3) is 0.211. The van der Waals surface area contributed by atoms with Gasteiger partial charge in [-0.15, -0.1) is 0 Å². The number of methoxy groups -OCH3 is 1. The average Bonchev–Trinajstić information content (AvgIpc) is 2.61. The van der Waals surface area contributed by atoms with E-state index in [0.29, 0.717) is 23.8 Å². The molecule has 2 rings (SSSR count). The second kappa shape index (κ2) is 8.62. The van der Waals surface area contributed by atoms with Crippen LogP contribution in [0, 0.1) is 0 Å². The molecule has 0 bridgehead atoms. The molecule has 0 heterocycles. The van der Waals surface area contributed by atoms with E-state index in [1.165, 1.54) is 0 Å². The molecule has 1 N–H and O–H groups in total. The monoisotopic (exact) mass is 327 g/mol. The van der Waals surface area contributed by atoms with E-state index in [1.807, 2.05) is 12.1 Å². The minimum absolute atomic E-state index is 0.244. The van der Waals surface area contributed by atoms with Gasteiger partial charge < -0.3 is 19.5 Å². The van der Waals surface area contributed by atoms with Crippen LogP contribution in [0.5, 0.6) is 17.2 Å². The molecule has 2 aromatic rings. The molecule has 0 unspecified atom stereocenters. The number of rotatable bonds is 8. The van der Waals surface area contributed by atoms with E-state index in [-0.39, 0.29) is 5.91 Å². The first-order valence-corrected chi connectivity index (χ1v) is 7.57. The van der Waals surface area contributed by atoms with Crippen molar-refractivity contribution in [1.82, 2.24) is 0 Å². The summed E-state index contributed by atoms with van der Waals surface area (Å²) in [5.74, 6) is 1.75. The van der Waals surface area contributed by atoms with Gasteiger partial charge >= 0.3 is 0 Å². The fourth-order valence-corrected chi connectivity index (χ4v) is 1.97. The summed E-state index contributed by atoms with van der Waals surface area (Å²) in [7, 11) is 1.60. The summed E-state index contributed by atoms with van der Waals surface area (Å²) in [6.07, 6.45) is 1.02. The molecule has 2 aromatic carbocycles. The fourth-order valence-electron chi connectivity index (χ4n) is 1.97. The Morgan fingerprint density at radius 1 is 1.17 bits per heavy atom. The van der Waals surface area contributed by atoms with Crippen molar-refractivity contribution in [3.63, 3.8) is 0 Å². The molecule has 1 atom stereocenters. The first-order chi connectivity index (χ1) is 11.6. The lowest BCUT2D eigenvalue weighted by Crippen LogP contribution is -2.30. The van der Waals surface area contributed by atoms with Gasteiger partial charge in [0.15, 0.2) is 6.10 Å². The first-order valence-electron chi connectivity index (χ1n) is 7.57. The summed E-state index contributed by atoms with van der Waals surface area (Å²) in [5, 5.41) is 2.81. The third-order valence-corrected chi connectivity index (χ3v) is 3.21. The van der Waals surface area contributed by atoms with Crippen LogP contribution in [0.3, 0.4) is 0 Å². The highest BCUT2D eigenvalue weighted by atomic mass is 16.5. The topological polar surface area (TPSA) is 56.8 Å². The molecule has 0 fully saturated rings. The maximum Gasteiger partial charge on any atom is 0.265 e. The molecule has 5 heteroatoms. The molecule has 5 nitrogen and oxygen atoms in total. The highest BCUT2D eigenvalue weighted by Gasteiger charge is 2.15. The van der Waals surface area contributed by atoms with Gasteiger partial charge in [0, 0.05) is 11.8 Å². The van der Waals surface area contributed by atoms with Crippen LogP contribution in [0.4, 0.5) is 5.69 Å². The van der Waals surface area contributed by atoms with Crippen LogP contribution in [0.15, 0.2) is 61.2 Å². The number of hydrogen-bond acceptors (Lipinski definition) is 4. The largest absolute Gasteiger partial charge is 0.497 e. The van der Waals surface area contributed by atoms with Gasteiger partial charge in [-0.25, -0.2) is 0 Å². The molecule has 0 saturated carbocycles. The molecule has 24 heavy (non-hydrogen) atoms. The molecule has 0 aliphatic carbocycles. The van der Waals surface area contributed by atoms with Gasteiger partial charge in [0.1, 0.15) is 23.9 Å². The van der Waals surface area contributed by atoms with Gasteiger partial charge in [-0.2, -0.15) is 0 Å². The van der Waals surface area contributed by atoms with E-state index >= 15 is 0 Å². The number of benzene rings is 2. The summed E-state index contributed by atoms with van der Waals surface area (Å²) < 4.78 is 16.2. The first kappa shape index (κ1) is 17.4. The number of nitrogens with one attached hydrogen (secondary N) is 1. The summed E-state index contributed by atoms with van der Waals surface area (Å²) in [6.45, 7) is 5.70. The molecule has 0 spiro atoms. The van der Waals surface area contributed by atoms with E-state index in [1.54, 1.807) is 56.5 Å². The maximum absolute atomic E-state index is 12.2. The van der Waals surface area contributed by atoms with Gasteiger partial charge in [-0.3, -0.25) is 4.79 Å². The average molecular weight is 327 g/mol. The molecule has 0 radical (unpaired) electrons. The number of anilines is 1. The van der Waals surface area contributed by atoms with E-state index in [4.69, 9.17) is 14.2 Å². The van der Waals surface area contributed by atoms with Crippen LogP contribution in [0.2, 0.25) is 0 Å². The number of ether oxygens (including phenoxy) is 3. The Labute approximate surface area is 141 Å². The third kappa shape index (κ3) is 5.05. The van der Waals surface area contributed by atoms with E-state index in [9.17, 15) is 4.79 Å². The van der Waals surface area contributed by atoms with Crippen LogP contribution in [0.1, 0.15) is 6.92 Å². The zero-order valence-electron chi connectivity index (χ0n) is 13.8. The van der Waals surface area contributed by atoms with E-state index in [2.05, 4.69) is 11.9 Å². The van der Waals surface area contributed by atoms with Crippen LogP contribution >= 0.6 is 0 Å². The zero-order valence-corrected chi connectivity index (χ0v) is 13.8. The van der Waals surface area contributed by atoms with Crippen molar-refractivity contribution in [3.8, 4) is 17.2 Å². The summed E-state index contributed by atoms with van der Waals surface area (Å²) in [4.78, 5) is 12.2. The Morgan fingerprint density at radius 3 is 2.54 bits per heavy atom. The Morgan fingerprint density at radius 2 is 1.88 bits per heavy atom. The summed E-state index contributed by atoms with van der Waals surface area (Å²) in [5.41, 5.74) is 0.645. The smallest absolute Gasteiger partial charge is 0.265 e. The molecule has 0 aliphatic heterocycles. The number of hydrogen-bond donors (Lipinski definition) is 1. The molecule has 126 valence electrons.